The first-order valence-corrected chi connectivity index (χ1v) is 9.56. The van der Waals surface area contributed by atoms with Gasteiger partial charge >= 0.3 is 5.97 Å². The standard InChI is InChI=1S/C21H23FN2O4/c22-14-5-3-12(4-6-14)13(10-15-2-1-9-23-15)11-24-20(25)18-16-7-8-17(28-16)19(18)21(26)27/h1-6,9,13,16-19,23H,7-8,10-11H2,(H,24,25)(H,26,27)/t13?,16-,17+,18?,19?/m1/s1. The minimum absolute atomic E-state index is 0.0639. The maximum absolute atomic E-state index is 13.3. The number of carboxylic acid groups (broad SMARTS) is 1. The van der Waals surface area contributed by atoms with Crippen molar-refractivity contribution in [1.82, 2.24) is 10.3 Å². The zero-order valence-corrected chi connectivity index (χ0v) is 15.3. The quantitative estimate of drug-likeness (QED) is 0.682. The molecule has 6 nitrogen and oxygen atoms in total. The first kappa shape index (κ1) is 18.7. The lowest BCUT2D eigenvalue weighted by atomic mass is 9.78. The summed E-state index contributed by atoms with van der Waals surface area (Å²) in [5.74, 6) is -3.07. The molecule has 2 aliphatic rings. The van der Waals surface area contributed by atoms with E-state index in [2.05, 4.69) is 10.3 Å². The van der Waals surface area contributed by atoms with E-state index in [0.717, 1.165) is 17.7 Å². The van der Waals surface area contributed by atoms with E-state index in [9.17, 15) is 19.1 Å². The number of carboxylic acids is 1. The number of nitrogens with one attached hydrogen (secondary N) is 2. The Kier molecular flexibility index (Phi) is 5.17. The largest absolute Gasteiger partial charge is 0.481 e. The number of ether oxygens (including phenoxy) is 1. The van der Waals surface area contributed by atoms with Gasteiger partial charge in [-0.3, -0.25) is 9.59 Å². The molecule has 3 N–H and O–H groups in total. The number of hydrogen-bond acceptors (Lipinski definition) is 3. The van der Waals surface area contributed by atoms with Crippen molar-refractivity contribution in [2.75, 3.05) is 6.54 Å². The van der Waals surface area contributed by atoms with Crippen LogP contribution in [0.1, 0.15) is 30.0 Å². The molecule has 2 saturated heterocycles. The Morgan fingerprint density at radius 3 is 2.54 bits per heavy atom. The van der Waals surface area contributed by atoms with Gasteiger partial charge in [-0.2, -0.15) is 0 Å². The van der Waals surface area contributed by atoms with Crippen LogP contribution in [0, 0.1) is 17.7 Å². The van der Waals surface area contributed by atoms with Crippen LogP contribution in [0.3, 0.4) is 0 Å². The van der Waals surface area contributed by atoms with Crippen molar-refractivity contribution in [3.05, 3.63) is 59.7 Å². The summed E-state index contributed by atoms with van der Waals surface area (Å²) in [4.78, 5) is 27.6. The number of amides is 1. The van der Waals surface area contributed by atoms with Crippen LogP contribution in [0.25, 0.3) is 0 Å². The molecule has 2 aliphatic heterocycles. The number of benzene rings is 1. The molecule has 1 aromatic carbocycles. The zero-order chi connectivity index (χ0) is 19.7. The van der Waals surface area contributed by atoms with Gasteiger partial charge in [-0.05, 0) is 49.1 Å². The normalized spacial score (nSPS) is 26.9. The monoisotopic (exact) mass is 386 g/mol. The van der Waals surface area contributed by atoms with Gasteiger partial charge in [0.1, 0.15) is 5.82 Å². The van der Waals surface area contributed by atoms with Crippen molar-refractivity contribution >= 4 is 11.9 Å². The smallest absolute Gasteiger partial charge is 0.310 e. The van der Waals surface area contributed by atoms with E-state index in [1.807, 2.05) is 18.3 Å². The van der Waals surface area contributed by atoms with Crippen LogP contribution in [-0.4, -0.2) is 40.7 Å². The molecule has 2 fully saturated rings. The lowest BCUT2D eigenvalue weighted by molar-refractivity contribution is -0.147. The number of carbonyl (C=O) groups is 2. The molecule has 0 radical (unpaired) electrons. The maximum atomic E-state index is 13.3. The fraction of sp³-hybridized carbons (Fsp3) is 0.429. The van der Waals surface area contributed by atoms with Crippen molar-refractivity contribution in [2.45, 2.75) is 37.4 Å². The second kappa shape index (κ2) is 7.75. The van der Waals surface area contributed by atoms with Crippen LogP contribution in [0.4, 0.5) is 4.39 Å². The Bertz CT molecular complexity index is 837. The van der Waals surface area contributed by atoms with Gasteiger partial charge in [0, 0.05) is 24.4 Å². The van der Waals surface area contributed by atoms with Crippen molar-refractivity contribution in [3.63, 3.8) is 0 Å². The van der Waals surface area contributed by atoms with Crippen molar-refractivity contribution in [1.29, 1.82) is 0 Å². The Morgan fingerprint density at radius 2 is 1.89 bits per heavy atom. The Labute approximate surface area is 162 Å². The Morgan fingerprint density at radius 1 is 1.18 bits per heavy atom. The minimum atomic E-state index is -0.978. The molecular weight excluding hydrogens is 363 g/mol. The molecule has 0 saturated carbocycles. The van der Waals surface area contributed by atoms with Gasteiger partial charge in [-0.1, -0.05) is 12.1 Å². The van der Waals surface area contributed by atoms with E-state index >= 15 is 0 Å². The van der Waals surface area contributed by atoms with Crippen LogP contribution in [-0.2, 0) is 20.7 Å². The van der Waals surface area contributed by atoms with Gasteiger partial charge in [-0.25, -0.2) is 4.39 Å². The molecule has 0 spiro atoms. The number of halogens is 1. The molecule has 4 rings (SSSR count). The van der Waals surface area contributed by atoms with Gasteiger partial charge in [0.2, 0.25) is 5.91 Å². The second-order valence-electron chi connectivity index (χ2n) is 7.57. The van der Waals surface area contributed by atoms with Crippen LogP contribution in [0.15, 0.2) is 42.6 Å². The van der Waals surface area contributed by atoms with E-state index in [1.54, 1.807) is 12.1 Å². The van der Waals surface area contributed by atoms with Crippen LogP contribution >= 0.6 is 0 Å². The van der Waals surface area contributed by atoms with E-state index in [0.29, 0.717) is 19.4 Å². The summed E-state index contributed by atoms with van der Waals surface area (Å²) in [5, 5.41) is 12.4. The van der Waals surface area contributed by atoms with Gasteiger partial charge in [0.25, 0.3) is 0 Å². The third kappa shape index (κ3) is 3.67. The molecule has 2 bridgehead atoms. The molecule has 7 heteroatoms. The summed E-state index contributed by atoms with van der Waals surface area (Å²) in [6.45, 7) is 0.337. The number of aromatic nitrogens is 1. The van der Waals surface area contributed by atoms with Gasteiger partial charge in [0.05, 0.1) is 24.0 Å². The van der Waals surface area contributed by atoms with E-state index in [1.165, 1.54) is 12.1 Å². The van der Waals surface area contributed by atoms with E-state index in [4.69, 9.17) is 4.74 Å². The number of aromatic amines is 1. The predicted molar refractivity (Wildman–Crippen MR) is 99.2 cm³/mol. The summed E-state index contributed by atoms with van der Waals surface area (Å²) in [7, 11) is 0. The minimum Gasteiger partial charge on any atom is -0.481 e. The van der Waals surface area contributed by atoms with Gasteiger partial charge < -0.3 is 20.1 Å². The summed E-state index contributed by atoms with van der Waals surface area (Å²) in [5.41, 5.74) is 1.92. The second-order valence-corrected chi connectivity index (χ2v) is 7.57. The number of rotatable bonds is 7. The lowest BCUT2D eigenvalue weighted by Gasteiger charge is -2.25. The molecule has 3 unspecified atom stereocenters. The molecule has 3 heterocycles. The summed E-state index contributed by atoms with van der Waals surface area (Å²) < 4.78 is 19.0. The third-order valence-electron chi connectivity index (χ3n) is 5.85. The number of carbonyl (C=O) groups excluding carboxylic acids is 1. The van der Waals surface area contributed by atoms with Crippen LogP contribution in [0.2, 0.25) is 0 Å². The molecule has 1 aromatic heterocycles. The Balaban J connectivity index is 1.47. The Hall–Kier alpha value is -2.67. The van der Waals surface area contributed by atoms with Crippen molar-refractivity contribution in [3.8, 4) is 0 Å². The van der Waals surface area contributed by atoms with E-state index < -0.39 is 17.8 Å². The average molecular weight is 386 g/mol. The highest BCUT2D eigenvalue weighted by Gasteiger charge is 2.55. The molecule has 28 heavy (non-hydrogen) atoms. The highest BCUT2D eigenvalue weighted by molar-refractivity contribution is 5.86. The molecule has 0 aliphatic carbocycles. The van der Waals surface area contributed by atoms with Gasteiger partial charge in [0.15, 0.2) is 0 Å². The van der Waals surface area contributed by atoms with Gasteiger partial charge in [-0.15, -0.1) is 0 Å². The average Bonchev–Trinajstić information content (AvgIpc) is 3.42. The summed E-state index contributed by atoms with van der Waals surface area (Å²) in [6, 6.07) is 10.1. The molecular formula is C21H23FN2O4. The van der Waals surface area contributed by atoms with Crippen LogP contribution in [0.5, 0.6) is 0 Å². The maximum Gasteiger partial charge on any atom is 0.310 e. The van der Waals surface area contributed by atoms with E-state index in [-0.39, 0.29) is 29.9 Å². The number of H-pyrrole nitrogens is 1. The fourth-order valence-electron chi connectivity index (χ4n) is 4.47. The lowest BCUT2D eigenvalue weighted by Crippen LogP contribution is -2.44. The fourth-order valence-corrected chi connectivity index (χ4v) is 4.47. The SMILES string of the molecule is O=C(O)C1C(C(=O)NCC(Cc2ccc[nH]2)c2ccc(F)cc2)[C@H]2CC[C@@H]1O2. The molecule has 1 amide bonds. The summed E-state index contributed by atoms with van der Waals surface area (Å²) >= 11 is 0. The first-order chi connectivity index (χ1) is 13.5. The molecule has 2 aromatic rings. The predicted octanol–water partition coefficient (Wildman–Crippen LogP) is 2.47. The third-order valence-corrected chi connectivity index (χ3v) is 5.85. The number of fused-ring (bicyclic) bond motifs is 2. The number of aliphatic carboxylic acids is 1. The summed E-state index contributed by atoms with van der Waals surface area (Å²) in [6.07, 6.45) is 3.20. The van der Waals surface area contributed by atoms with Crippen LogP contribution < -0.4 is 5.32 Å². The highest BCUT2D eigenvalue weighted by Crippen LogP contribution is 2.43. The molecule has 5 atom stereocenters. The topological polar surface area (TPSA) is 91.4 Å². The van der Waals surface area contributed by atoms with Crippen molar-refractivity contribution < 1.29 is 23.8 Å². The number of hydrogen-bond donors (Lipinski definition) is 3. The first-order valence-electron chi connectivity index (χ1n) is 9.56. The molecule has 148 valence electrons. The highest BCUT2D eigenvalue weighted by atomic mass is 19.1. The van der Waals surface area contributed by atoms with Crippen molar-refractivity contribution in [2.24, 2.45) is 11.8 Å². The zero-order valence-electron chi connectivity index (χ0n) is 15.3.